The van der Waals surface area contributed by atoms with Gasteiger partial charge in [0.05, 0.1) is 6.61 Å². The molecule has 0 fully saturated rings. The van der Waals surface area contributed by atoms with Gasteiger partial charge in [-0.2, -0.15) is 0 Å². The van der Waals surface area contributed by atoms with Crippen molar-refractivity contribution in [3.63, 3.8) is 0 Å². The van der Waals surface area contributed by atoms with Crippen molar-refractivity contribution in [1.29, 1.82) is 0 Å². The second-order valence-corrected chi connectivity index (χ2v) is 3.97. The first-order valence-corrected chi connectivity index (χ1v) is 5.81. The number of anilines is 1. The molecule has 1 N–H and O–H groups in total. The standard InChI is InChI=1S/C10H16BrN3O/c1-3-4-9-13-8(11)7-10(14-9)12-5-6-15-2/h7H,3-6H2,1-2H3,(H,12,13,14). The first-order valence-electron chi connectivity index (χ1n) is 5.02. The Morgan fingerprint density at radius 2 is 2.27 bits per heavy atom. The summed E-state index contributed by atoms with van der Waals surface area (Å²) in [7, 11) is 1.68. The predicted molar refractivity (Wildman–Crippen MR) is 64.1 cm³/mol. The Morgan fingerprint density at radius 3 is 2.93 bits per heavy atom. The summed E-state index contributed by atoms with van der Waals surface area (Å²) in [6.45, 7) is 3.54. The van der Waals surface area contributed by atoms with Crippen LogP contribution in [-0.4, -0.2) is 30.2 Å². The quantitative estimate of drug-likeness (QED) is 0.638. The minimum absolute atomic E-state index is 0.671. The Labute approximate surface area is 98.6 Å². The summed E-state index contributed by atoms with van der Waals surface area (Å²) < 4.78 is 5.77. The number of hydrogen-bond donors (Lipinski definition) is 1. The summed E-state index contributed by atoms with van der Waals surface area (Å²) in [5.41, 5.74) is 0. The molecular weight excluding hydrogens is 258 g/mol. The highest BCUT2D eigenvalue weighted by Crippen LogP contribution is 2.12. The normalized spacial score (nSPS) is 10.3. The molecule has 0 bridgehead atoms. The Hall–Kier alpha value is -0.680. The van der Waals surface area contributed by atoms with Crippen molar-refractivity contribution < 1.29 is 4.74 Å². The molecule has 1 rings (SSSR count). The molecule has 1 aromatic rings. The van der Waals surface area contributed by atoms with Gasteiger partial charge in [0.2, 0.25) is 0 Å². The number of aromatic nitrogens is 2. The number of ether oxygens (including phenoxy) is 1. The number of rotatable bonds is 6. The number of methoxy groups -OCH3 is 1. The molecule has 0 saturated heterocycles. The van der Waals surface area contributed by atoms with E-state index in [2.05, 4.69) is 38.1 Å². The lowest BCUT2D eigenvalue weighted by Gasteiger charge is -2.06. The molecule has 0 aliphatic heterocycles. The third-order valence-electron chi connectivity index (χ3n) is 1.83. The fourth-order valence-corrected chi connectivity index (χ4v) is 1.59. The summed E-state index contributed by atoms with van der Waals surface area (Å²) in [6, 6.07) is 1.87. The molecule has 0 aliphatic rings. The predicted octanol–water partition coefficient (Wildman–Crippen LogP) is 2.25. The lowest BCUT2D eigenvalue weighted by atomic mass is 10.3. The molecule has 5 heteroatoms. The Morgan fingerprint density at radius 1 is 1.47 bits per heavy atom. The molecule has 84 valence electrons. The Kier molecular flexibility index (Phi) is 5.57. The maximum atomic E-state index is 4.95. The van der Waals surface area contributed by atoms with Crippen LogP contribution in [0, 0.1) is 0 Å². The molecule has 15 heavy (non-hydrogen) atoms. The van der Waals surface area contributed by atoms with Gasteiger partial charge in [-0.25, -0.2) is 9.97 Å². The fourth-order valence-electron chi connectivity index (χ4n) is 1.17. The fraction of sp³-hybridized carbons (Fsp3) is 0.600. The van der Waals surface area contributed by atoms with Crippen molar-refractivity contribution in [1.82, 2.24) is 9.97 Å². The summed E-state index contributed by atoms with van der Waals surface area (Å²) >= 11 is 3.37. The minimum atomic E-state index is 0.671. The summed E-state index contributed by atoms with van der Waals surface area (Å²) in [5.74, 6) is 1.71. The molecule has 0 saturated carbocycles. The maximum Gasteiger partial charge on any atom is 0.132 e. The van der Waals surface area contributed by atoms with Gasteiger partial charge < -0.3 is 10.1 Å². The van der Waals surface area contributed by atoms with Gasteiger partial charge in [0.1, 0.15) is 16.2 Å². The SMILES string of the molecule is CCCc1nc(Br)cc(NCCOC)n1. The molecule has 0 spiro atoms. The van der Waals surface area contributed by atoms with Crippen LogP contribution in [0.4, 0.5) is 5.82 Å². The van der Waals surface area contributed by atoms with Gasteiger partial charge in [0.25, 0.3) is 0 Å². The summed E-state index contributed by atoms with van der Waals surface area (Å²) in [6.07, 6.45) is 1.95. The van der Waals surface area contributed by atoms with Crippen LogP contribution in [0.1, 0.15) is 19.2 Å². The second-order valence-electron chi connectivity index (χ2n) is 3.16. The largest absolute Gasteiger partial charge is 0.383 e. The molecule has 0 radical (unpaired) electrons. The molecule has 0 amide bonds. The third kappa shape index (κ3) is 4.57. The van der Waals surface area contributed by atoms with Crippen LogP contribution in [0.3, 0.4) is 0 Å². The average Bonchev–Trinajstić information content (AvgIpc) is 2.18. The molecule has 4 nitrogen and oxygen atoms in total. The van der Waals surface area contributed by atoms with Crippen molar-refractivity contribution in [2.45, 2.75) is 19.8 Å². The summed E-state index contributed by atoms with van der Waals surface area (Å²) in [4.78, 5) is 8.67. The van der Waals surface area contributed by atoms with Gasteiger partial charge in [-0.1, -0.05) is 6.92 Å². The number of nitrogens with zero attached hydrogens (tertiary/aromatic N) is 2. The first-order chi connectivity index (χ1) is 7.26. The summed E-state index contributed by atoms with van der Waals surface area (Å²) in [5, 5.41) is 3.18. The van der Waals surface area contributed by atoms with Crippen LogP contribution in [0.2, 0.25) is 0 Å². The monoisotopic (exact) mass is 273 g/mol. The van der Waals surface area contributed by atoms with E-state index in [1.54, 1.807) is 7.11 Å². The lowest BCUT2D eigenvalue weighted by Crippen LogP contribution is -2.10. The van der Waals surface area contributed by atoms with Crippen molar-refractivity contribution in [2.24, 2.45) is 0 Å². The van der Waals surface area contributed by atoms with Gasteiger partial charge in [-0.05, 0) is 22.4 Å². The highest BCUT2D eigenvalue weighted by Gasteiger charge is 2.01. The van der Waals surface area contributed by atoms with Crippen molar-refractivity contribution in [3.05, 3.63) is 16.5 Å². The molecule has 0 aromatic carbocycles. The maximum absolute atomic E-state index is 4.95. The van der Waals surface area contributed by atoms with Gasteiger partial charge in [0, 0.05) is 26.1 Å². The van der Waals surface area contributed by atoms with Crippen molar-refractivity contribution in [3.8, 4) is 0 Å². The van der Waals surface area contributed by atoms with E-state index in [0.717, 1.165) is 35.6 Å². The van der Waals surface area contributed by atoms with Crippen LogP contribution < -0.4 is 5.32 Å². The van der Waals surface area contributed by atoms with Crippen LogP contribution in [0.15, 0.2) is 10.7 Å². The van der Waals surface area contributed by atoms with E-state index >= 15 is 0 Å². The topological polar surface area (TPSA) is 47.0 Å². The molecule has 1 heterocycles. The zero-order valence-electron chi connectivity index (χ0n) is 9.09. The molecule has 0 unspecified atom stereocenters. The van der Waals surface area contributed by atoms with Crippen LogP contribution in [-0.2, 0) is 11.2 Å². The lowest BCUT2D eigenvalue weighted by molar-refractivity contribution is 0.210. The van der Waals surface area contributed by atoms with Crippen molar-refractivity contribution in [2.75, 3.05) is 25.6 Å². The van der Waals surface area contributed by atoms with Gasteiger partial charge in [-0.3, -0.25) is 0 Å². The van der Waals surface area contributed by atoms with Crippen LogP contribution in [0.5, 0.6) is 0 Å². The molecular formula is C10H16BrN3O. The Bertz CT molecular complexity index is 307. The Balaban J connectivity index is 2.62. The van der Waals surface area contributed by atoms with E-state index in [1.165, 1.54) is 0 Å². The van der Waals surface area contributed by atoms with Gasteiger partial charge in [0.15, 0.2) is 0 Å². The van der Waals surface area contributed by atoms with Gasteiger partial charge >= 0.3 is 0 Å². The molecule has 1 aromatic heterocycles. The smallest absolute Gasteiger partial charge is 0.132 e. The molecule has 0 atom stereocenters. The average molecular weight is 274 g/mol. The zero-order valence-corrected chi connectivity index (χ0v) is 10.7. The second kappa shape index (κ2) is 6.74. The van der Waals surface area contributed by atoms with Gasteiger partial charge in [-0.15, -0.1) is 0 Å². The number of nitrogens with one attached hydrogen (secondary N) is 1. The number of hydrogen-bond acceptors (Lipinski definition) is 4. The highest BCUT2D eigenvalue weighted by molar-refractivity contribution is 9.10. The number of aryl methyl sites for hydroxylation is 1. The molecule has 0 aliphatic carbocycles. The number of halogens is 1. The zero-order chi connectivity index (χ0) is 11.1. The first kappa shape index (κ1) is 12.4. The van der Waals surface area contributed by atoms with E-state index in [-0.39, 0.29) is 0 Å². The minimum Gasteiger partial charge on any atom is -0.383 e. The van der Waals surface area contributed by atoms with E-state index in [9.17, 15) is 0 Å². The van der Waals surface area contributed by atoms with E-state index in [1.807, 2.05) is 6.07 Å². The van der Waals surface area contributed by atoms with Crippen LogP contribution in [0.25, 0.3) is 0 Å². The third-order valence-corrected chi connectivity index (χ3v) is 2.23. The van der Waals surface area contributed by atoms with E-state index < -0.39 is 0 Å². The van der Waals surface area contributed by atoms with Crippen molar-refractivity contribution >= 4 is 21.7 Å². The van der Waals surface area contributed by atoms with Crippen LogP contribution >= 0.6 is 15.9 Å². The van der Waals surface area contributed by atoms with E-state index in [0.29, 0.717) is 6.61 Å². The van der Waals surface area contributed by atoms with E-state index in [4.69, 9.17) is 4.74 Å². The highest BCUT2D eigenvalue weighted by atomic mass is 79.9.